The van der Waals surface area contributed by atoms with Gasteiger partial charge < -0.3 is 4.74 Å². The van der Waals surface area contributed by atoms with E-state index in [0.29, 0.717) is 27.3 Å². The SMILES string of the molecule is Cn1ncc2c(Oc3ccc(Cl)c(Cl)c3)ncnc21. The van der Waals surface area contributed by atoms with Gasteiger partial charge in [-0.2, -0.15) is 5.10 Å². The Bertz CT molecular complexity index is 757. The maximum atomic E-state index is 5.94. The van der Waals surface area contributed by atoms with Gasteiger partial charge in [0.1, 0.15) is 17.5 Å². The third-order valence-corrected chi connectivity index (χ3v) is 3.34. The minimum atomic E-state index is 0.427. The maximum Gasteiger partial charge on any atom is 0.233 e. The van der Waals surface area contributed by atoms with Crippen LogP contribution in [0.4, 0.5) is 0 Å². The number of aryl methyl sites for hydroxylation is 1. The topological polar surface area (TPSA) is 52.8 Å². The quantitative estimate of drug-likeness (QED) is 0.726. The highest BCUT2D eigenvalue weighted by molar-refractivity contribution is 6.42. The summed E-state index contributed by atoms with van der Waals surface area (Å²) in [6.07, 6.45) is 3.08. The van der Waals surface area contributed by atoms with Gasteiger partial charge in [0.15, 0.2) is 5.65 Å². The molecule has 2 heterocycles. The van der Waals surface area contributed by atoms with Gasteiger partial charge in [0.2, 0.25) is 5.88 Å². The van der Waals surface area contributed by atoms with Crippen molar-refractivity contribution in [1.82, 2.24) is 19.7 Å². The second-order valence-corrected chi connectivity index (χ2v) is 4.68. The van der Waals surface area contributed by atoms with E-state index >= 15 is 0 Å². The van der Waals surface area contributed by atoms with Crippen molar-refractivity contribution in [3.63, 3.8) is 0 Å². The molecule has 0 aliphatic heterocycles. The van der Waals surface area contributed by atoms with Crippen LogP contribution in [0.3, 0.4) is 0 Å². The number of aromatic nitrogens is 4. The van der Waals surface area contributed by atoms with E-state index in [1.54, 1.807) is 36.1 Å². The molecule has 2 aromatic heterocycles. The molecule has 0 atom stereocenters. The predicted molar refractivity (Wildman–Crippen MR) is 72.8 cm³/mol. The fourth-order valence-corrected chi connectivity index (χ4v) is 1.96. The first-order valence-electron chi connectivity index (χ1n) is 5.41. The van der Waals surface area contributed by atoms with Crippen molar-refractivity contribution in [3.05, 3.63) is 40.8 Å². The molecule has 0 spiro atoms. The van der Waals surface area contributed by atoms with Crippen LogP contribution in [-0.2, 0) is 7.05 Å². The van der Waals surface area contributed by atoms with Gasteiger partial charge in [0.05, 0.1) is 16.2 Å². The van der Waals surface area contributed by atoms with Gasteiger partial charge in [0.25, 0.3) is 0 Å². The average Bonchev–Trinajstić information content (AvgIpc) is 2.77. The van der Waals surface area contributed by atoms with Crippen LogP contribution in [0.15, 0.2) is 30.7 Å². The minimum absolute atomic E-state index is 0.427. The monoisotopic (exact) mass is 294 g/mol. The van der Waals surface area contributed by atoms with Crippen molar-refractivity contribution in [2.24, 2.45) is 7.05 Å². The number of rotatable bonds is 2. The molecule has 3 rings (SSSR count). The summed E-state index contributed by atoms with van der Waals surface area (Å²) in [5.74, 6) is 0.981. The molecular weight excluding hydrogens is 287 g/mol. The number of ether oxygens (including phenoxy) is 1. The fourth-order valence-electron chi connectivity index (χ4n) is 1.67. The van der Waals surface area contributed by atoms with E-state index in [1.165, 1.54) is 6.33 Å². The molecule has 96 valence electrons. The number of fused-ring (bicyclic) bond motifs is 1. The average molecular weight is 295 g/mol. The zero-order chi connectivity index (χ0) is 13.4. The van der Waals surface area contributed by atoms with Gasteiger partial charge in [-0.15, -0.1) is 0 Å². The molecule has 0 radical (unpaired) electrons. The lowest BCUT2D eigenvalue weighted by molar-refractivity contribution is 0.468. The van der Waals surface area contributed by atoms with Crippen LogP contribution >= 0.6 is 23.2 Å². The van der Waals surface area contributed by atoms with Crippen molar-refractivity contribution < 1.29 is 4.74 Å². The molecule has 1 aromatic carbocycles. The third kappa shape index (κ3) is 2.22. The molecule has 0 bridgehead atoms. The number of benzene rings is 1. The molecule has 0 fully saturated rings. The van der Waals surface area contributed by atoms with Crippen LogP contribution < -0.4 is 4.74 Å². The maximum absolute atomic E-state index is 5.94. The first-order chi connectivity index (χ1) is 9.15. The van der Waals surface area contributed by atoms with Crippen molar-refractivity contribution in [3.8, 4) is 11.6 Å². The lowest BCUT2D eigenvalue weighted by Crippen LogP contribution is -1.94. The summed E-state index contributed by atoms with van der Waals surface area (Å²) in [6.45, 7) is 0. The smallest absolute Gasteiger partial charge is 0.233 e. The van der Waals surface area contributed by atoms with Crippen LogP contribution in [-0.4, -0.2) is 19.7 Å². The van der Waals surface area contributed by atoms with Gasteiger partial charge in [-0.3, -0.25) is 4.68 Å². The Balaban J connectivity index is 2.03. The van der Waals surface area contributed by atoms with E-state index in [9.17, 15) is 0 Å². The van der Waals surface area contributed by atoms with Crippen LogP contribution in [0.5, 0.6) is 11.6 Å². The second-order valence-electron chi connectivity index (χ2n) is 3.86. The highest BCUT2D eigenvalue weighted by Gasteiger charge is 2.10. The number of nitrogens with zero attached hydrogens (tertiary/aromatic N) is 4. The van der Waals surface area contributed by atoms with Crippen molar-refractivity contribution >= 4 is 34.2 Å². The normalized spacial score (nSPS) is 10.9. The lowest BCUT2D eigenvalue weighted by Gasteiger charge is -2.06. The highest BCUT2D eigenvalue weighted by Crippen LogP contribution is 2.30. The van der Waals surface area contributed by atoms with E-state index in [0.717, 1.165) is 5.39 Å². The highest BCUT2D eigenvalue weighted by atomic mass is 35.5. The summed E-state index contributed by atoms with van der Waals surface area (Å²) in [5.41, 5.74) is 0.699. The standard InChI is InChI=1S/C12H8Cl2N4O/c1-18-11-8(5-17-18)12(16-6-15-11)19-7-2-3-9(13)10(14)4-7/h2-6H,1H3. The molecule has 0 saturated carbocycles. The molecule has 3 aromatic rings. The zero-order valence-electron chi connectivity index (χ0n) is 9.84. The van der Waals surface area contributed by atoms with E-state index in [-0.39, 0.29) is 0 Å². The van der Waals surface area contributed by atoms with Gasteiger partial charge in [-0.25, -0.2) is 9.97 Å². The molecule has 5 nitrogen and oxygen atoms in total. The fraction of sp³-hybridized carbons (Fsp3) is 0.0833. The summed E-state index contributed by atoms with van der Waals surface area (Å²) >= 11 is 11.8. The summed E-state index contributed by atoms with van der Waals surface area (Å²) in [7, 11) is 1.80. The van der Waals surface area contributed by atoms with Gasteiger partial charge >= 0.3 is 0 Å². The largest absolute Gasteiger partial charge is 0.438 e. The Hall–Kier alpha value is -1.85. The summed E-state index contributed by atoms with van der Waals surface area (Å²) in [5, 5.41) is 5.75. The van der Waals surface area contributed by atoms with Crippen LogP contribution in [0.2, 0.25) is 10.0 Å². The molecule has 0 aliphatic rings. The number of hydrogen-bond donors (Lipinski definition) is 0. The van der Waals surface area contributed by atoms with Crippen molar-refractivity contribution in [2.45, 2.75) is 0 Å². The summed E-state index contributed by atoms with van der Waals surface area (Å²) < 4.78 is 7.34. The molecule has 19 heavy (non-hydrogen) atoms. The van der Waals surface area contributed by atoms with E-state index in [4.69, 9.17) is 27.9 Å². The van der Waals surface area contributed by atoms with Crippen molar-refractivity contribution in [2.75, 3.05) is 0 Å². The Kier molecular flexibility index (Phi) is 3.00. The van der Waals surface area contributed by atoms with E-state index < -0.39 is 0 Å². The number of hydrogen-bond acceptors (Lipinski definition) is 4. The zero-order valence-corrected chi connectivity index (χ0v) is 11.4. The van der Waals surface area contributed by atoms with Crippen LogP contribution in [0, 0.1) is 0 Å². The first-order valence-corrected chi connectivity index (χ1v) is 6.16. The predicted octanol–water partition coefficient (Wildman–Crippen LogP) is 3.46. The van der Waals surface area contributed by atoms with Gasteiger partial charge in [0, 0.05) is 13.1 Å². The Labute approximate surface area is 118 Å². The number of halogens is 2. The van der Waals surface area contributed by atoms with E-state index in [2.05, 4.69) is 15.1 Å². The molecule has 0 saturated heterocycles. The Morgan fingerprint density at radius 2 is 2.00 bits per heavy atom. The molecule has 7 heteroatoms. The molecule has 0 amide bonds. The molecular formula is C12H8Cl2N4O. The third-order valence-electron chi connectivity index (χ3n) is 2.60. The van der Waals surface area contributed by atoms with Crippen LogP contribution in [0.1, 0.15) is 0 Å². The second kappa shape index (κ2) is 4.68. The van der Waals surface area contributed by atoms with E-state index in [1.807, 2.05) is 0 Å². The van der Waals surface area contributed by atoms with Gasteiger partial charge in [-0.1, -0.05) is 23.2 Å². The first kappa shape index (κ1) is 12.2. The lowest BCUT2D eigenvalue weighted by atomic mass is 10.3. The molecule has 0 unspecified atom stereocenters. The molecule has 0 aliphatic carbocycles. The van der Waals surface area contributed by atoms with Crippen molar-refractivity contribution in [1.29, 1.82) is 0 Å². The molecule has 0 N–H and O–H groups in total. The summed E-state index contributed by atoms with van der Waals surface area (Å²) in [4.78, 5) is 8.24. The Morgan fingerprint density at radius 3 is 2.79 bits per heavy atom. The van der Waals surface area contributed by atoms with Crippen LogP contribution in [0.25, 0.3) is 11.0 Å². The Morgan fingerprint density at radius 1 is 1.16 bits per heavy atom. The minimum Gasteiger partial charge on any atom is -0.438 e. The summed E-state index contributed by atoms with van der Waals surface area (Å²) in [6, 6.07) is 5.02. The van der Waals surface area contributed by atoms with Gasteiger partial charge in [-0.05, 0) is 12.1 Å².